The van der Waals surface area contributed by atoms with E-state index in [9.17, 15) is 9.59 Å². The molecular formula is C23H22N4O4. The molecule has 2 N–H and O–H groups in total. The number of nitrogens with one attached hydrogen (secondary N) is 2. The van der Waals surface area contributed by atoms with E-state index >= 15 is 0 Å². The van der Waals surface area contributed by atoms with Crippen molar-refractivity contribution in [3.05, 3.63) is 60.0 Å². The van der Waals surface area contributed by atoms with Crippen LogP contribution in [0.4, 0.5) is 5.82 Å². The fourth-order valence-corrected chi connectivity index (χ4v) is 5.25. The minimum Gasteiger partial charge on any atom is -0.361 e. The number of aromatic nitrogens is 2. The van der Waals surface area contributed by atoms with E-state index in [1.165, 1.54) is 0 Å². The summed E-state index contributed by atoms with van der Waals surface area (Å²) in [5.74, 6) is -0.287. The Balaban J connectivity index is 1.18. The van der Waals surface area contributed by atoms with Crippen molar-refractivity contribution in [1.82, 2.24) is 15.5 Å². The van der Waals surface area contributed by atoms with Gasteiger partial charge in [-0.3, -0.25) is 14.5 Å². The molecule has 0 saturated carbocycles. The average molecular weight is 418 g/mol. The number of nitrogens with zero attached hydrogens (tertiary/aromatic N) is 2. The maximum absolute atomic E-state index is 13.2. The average Bonchev–Trinajstić information content (AvgIpc) is 3.56. The Labute approximate surface area is 178 Å². The van der Waals surface area contributed by atoms with Gasteiger partial charge in [0.15, 0.2) is 5.82 Å². The van der Waals surface area contributed by atoms with Crippen LogP contribution in [0.3, 0.4) is 0 Å². The molecule has 6 rings (SSSR count). The van der Waals surface area contributed by atoms with E-state index in [0.717, 1.165) is 16.5 Å². The molecule has 158 valence electrons. The molecule has 1 spiro atoms. The number of aryl methyl sites for hydroxylation is 1. The van der Waals surface area contributed by atoms with Crippen molar-refractivity contribution in [1.29, 1.82) is 0 Å². The molecule has 2 saturated heterocycles. The highest BCUT2D eigenvalue weighted by atomic mass is 16.5. The zero-order valence-corrected chi connectivity index (χ0v) is 17.0. The molecular weight excluding hydrogens is 396 g/mol. The van der Waals surface area contributed by atoms with Crippen LogP contribution in [0, 0.1) is 18.8 Å². The molecule has 31 heavy (non-hydrogen) atoms. The summed E-state index contributed by atoms with van der Waals surface area (Å²) >= 11 is 0. The number of fused-ring (bicyclic) bond motifs is 2. The summed E-state index contributed by atoms with van der Waals surface area (Å²) in [7, 11) is 0. The molecule has 4 atom stereocenters. The third-order valence-electron chi connectivity index (χ3n) is 6.66. The summed E-state index contributed by atoms with van der Waals surface area (Å²) in [5.41, 5.74) is 1.46. The van der Waals surface area contributed by atoms with Crippen LogP contribution in [-0.2, 0) is 20.7 Å². The van der Waals surface area contributed by atoms with Crippen LogP contribution in [0.2, 0.25) is 0 Å². The van der Waals surface area contributed by atoms with Crippen LogP contribution in [0.1, 0.15) is 11.3 Å². The lowest BCUT2D eigenvalue weighted by molar-refractivity contribution is -0.131. The highest BCUT2D eigenvalue weighted by molar-refractivity contribution is 6.02. The van der Waals surface area contributed by atoms with E-state index in [0.29, 0.717) is 31.1 Å². The monoisotopic (exact) mass is 418 g/mol. The van der Waals surface area contributed by atoms with Crippen LogP contribution < -0.4 is 10.2 Å². The van der Waals surface area contributed by atoms with Crippen molar-refractivity contribution in [2.75, 3.05) is 18.0 Å². The molecule has 5 heterocycles. The Bertz CT molecular complexity index is 1230. The Morgan fingerprint density at radius 1 is 1.39 bits per heavy atom. The first-order chi connectivity index (χ1) is 15.1. The molecule has 3 aliphatic rings. The van der Waals surface area contributed by atoms with Crippen LogP contribution in [-0.4, -0.2) is 46.7 Å². The smallest absolute Gasteiger partial charge is 0.235 e. The zero-order chi connectivity index (χ0) is 21.2. The van der Waals surface area contributed by atoms with Crippen molar-refractivity contribution >= 4 is 28.5 Å². The molecule has 8 heteroatoms. The predicted molar refractivity (Wildman–Crippen MR) is 112 cm³/mol. The van der Waals surface area contributed by atoms with Crippen molar-refractivity contribution in [3.63, 3.8) is 0 Å². The SMILES string of the molecule is Cc1cc(N2C[C@]34C=C[C@H](O3)[C@@H](C(=O)NCCc3c[nH]c5ccccc35)[C@H]4C2=O)no1. The minimum absolute atomic E-state index is 0.142. The highest BCUT2D eigenvalue weighted by Crippen LogP contribution is 2.52. The number of ether oxygens (including phenoxy) is 1. The zero-order valence-electron chi connectivity index (χ0n) is 17.0. The first-order valence-electron chi connectivity index (χ1n) is 10.5. The fourth-order valence-electron chi connectivity index (χ4n) is 5.25. The lowest BCUT2D eigenvalue weighted by atomic mass is 9.77. The maximum atomic E-state index is 13.2. The summed E-state index contributed by atoms with van der Waals surface area (Å²) < 4.78 is 11.3. The molecule has 0 unspecified atom stereocenters. The number of carbonyl (C=O) groups is 2. The number of hydrogen-bond acceptors (Lipinski definition) is 5. The standard InChI is InChI=1S/C23H22N4O4/c1-13-10-18(26-31-13)27-12-23-8-6-17(30-23)19(20(23)22(27)29)21(28)24-9-7-14-11-25-16-5-3-2-4-15(14)16/h2-6,8,10-11,17,19-20,25H,7,9,12H2,1H3,(H,24,28)/t17-,19+,20-,23-/m0/s1. The van der Waals surface area contributed by atoms with Gasteiger partial charge in [0, 0.05) is 29.7 Å². The largest absolute Gasteiger partial charge is 0.361 e. The van der Waals surface area contributed by atoms with Gasteiger partial charge in [-0.2, -0.15) is 0 Å². The van der Waals surface area contributed by atoms with Crippen molar-refractivity contribution in [2.24, 2.45) is 11.8 Å². The van der Waals surface area contributed by atoms with E-state index in [1.807, 2.05) is 36.5 Å². The first kappa shape index (κ1) is 18.4. The molecule has 8 nitrogen and oxygen atoms in total. The van der Waals surface area contributed by atoms with Gasteiger partial charge in [0.1, 0.15) is 11.4 Å². The van der Waals surface area contributed by atoms with Crippen molar-refractivity contribution in [2.45, 2.75) is 25.0 Å². The molecule has 2 aromatic heterocycles. The predicted octanol–water partition coefficient (Wildman–Crippen LogP) is 2.11. The number of para-hydroxylation sites is 1. The molecule has 3 aromatic rings. The van der Waals surface area contributed by atoms with E-state index in [1.54, 1.807) is 17.9 Å². The van der Waals surface area contributed by atoms with Gasteiger partial charge < -0.3 is 19.6 Å². The van der Waals surface area contributed by atoms with Gasteiger partial charge in [0.05, 0.1) is 24.5 Å². The van der Waals surface area contributed by atoms with E-state index in [4.69, 9.17) is 9.26 Å². The number of H-pyrrole nitrogens is 1. The molecule has 1 aromatic carbocycles. The van der Waals surface area contributed by atoms with Crippen LogP contribution in [0.5, 0.6) is 0 Å². The molecule has 2 bridgehead atoms. The molecule has 2 fully saturated rings. The number of amides is 2. The van der Waals surface area contributed by atoms with Crippen LogP contribution in [0.15, 0.2) is 53.2 Å². The van der Waals surface area contributed by atoms with Gasteiger partial charge in [-0.15, -0.1) is 0 Å². The first-order valence-corrected chi connectivity index (χ1v) is 10.5. The number of rotatable bonds is 5. The fraction of sp³-hybridized carbons (Fsp3) is 0.348. The minimum atomic E-state index is -0.770. The molecule has 0 aliphatic carbocycles. The van der Waals surface area contributed by atoms with Crippen LogP contribution in [0.25, 0.3) is 10.9 Å². The molecule has 3 aliphatic heterocycles. The lowest BCUT2D eigenvalue weighted by Gasteiger charge is -2.23. The number of benzene rings is 1. The quantitative estimate of drug-likeness (QED) is 0.618. The Hall–Kier alpha value is -3.39. The summed E-state index contributed by atoms with van der Waals surface area (Å²) in [6.07, 6.45) is 6.16. The normalized spacial score (nSPS) is 28.6. The lowest BCUT2D eigenvalue weighted by Crippen LogP contribution is -2.44. The molecule has 0 radical (unpaired) electrons. The van der Waals surface area contributed by atoms with Crippen molar-refractivity contribution < 1.29 is 18.8 Å². The van der Waals surface area contributed by atoms with Gasteiger partial charge in [-0.05, 0) is 25.0 Å². The highest BCUT2D eigenvalue weighted by Gasteiger charge is 2.67. The second-order valence-electron chi connectivity index (χ2n) is 8.52. The maximum Gasteiger partial charge on any atom is 0.235 e. The molecule has 2 amide bonds. The Morgan fingerprint density at radius 3 is 3.10 bits per heavy atom. The number of hydrogen-bond donors (Lipinski definition) is 2. The van der Waals surface area contributed by atoms with E-state index in [-0.39, 0.29) is 17.9 Å². The summed E-state index contributed by atoms with van der Waals surface area (Å²) in [6.45, 7) is 2.62. The third-order valence-corrected chi connectivity index (χ3v) is 6.66. The van der Waals surface area contributed by atoms with Gasteiger partial charge in [0.25, 0.3) is 0 Å². The van der Waals surface area contributed by atoms with E-state index < -0.39 is 17.4 Å². The number of aromatic amines is 1. The topological polar surface area (TPSA) is 100 Å². The Kier molecular flexibility index (Phi) is 3.89. The second-order valence-corrected chi connectivity index (χ2v) is 8.52. The van der Waals surface area contributed by atoms with Gasteiger partial charge in [-0.25, -0.2) is 0 Å². The number of carbonyl (C=O) groups excluding carboxylic acids is 2. The Morgan fingerprint density at radius 2 is 2.26 bits per heavy atom. The van der Waals surface area contributed by atoms with Gasteiger partial charge >= 0.3 is 0 Å². The number of anilines is 1. The second kappa shape index (κ2) is 6.55. The van der Waals surface area contributed by atoms with Crippen molar-refractivity contribution in [3.8, 4) is 0 Å². The van der Waals surface area contributed by atoms with E-state index in [2.05, 4.69) is 21.5 Å². The van der Waals surface area contributed by atoms with Gasteiger partial charge in [-0.1, -0.05) is 35.5 Å². The third kappa shape index (κ3) is 2.68. The summed E-state index contributed by atoms with van der Waals surface area (Å²) in [5, 5.41) is 8.16. The van der Waals surface area contributed by atoms with Crippen LogP contribution >= 0.6 is 0 Å². The summed E-state index contributed by atoms with van der Waals surface area (Å²) in [6, 6.07) is 9.82. The van der Waals surface area contributed by atoms with Gasteiger partial charge in [0.2, 0.25) is 11.8 Å². The summed E-state index contributed by atoms with van der Waals surface area (Å²) in [4.78, 5) is 31.2.